The zero-order valence-corrected chi connectivity index (χ0v) is 12.9. The second-order valence-corrected chi connectivity index (χ2v) is 5.75. The minimum atomic E-state index is 0.587. The van der Waals surface area contributed by atoms with Crippen LogP contribution in [0.25, 0.3) is 0 Å². The van der Waals surface area contributed by atoms with Gasteiger partial charge in [-0.05, 0) is 19.2 Å². The highest BCUT2D eigenvalue weighted by Gasteiger charge is 2.08. The summed E-state index contributed by atoms with van der Waals surface area (Å²) in [4.78, 5) is 10.7. The van der Waals surface area contributed by atoms with Crippen LogP contribution >= 0.6 is 23.5 Å². The molecule has 6 nitrogen and oxygen atoms in total. The molecule has 8 heteroatoms. The van der Waals surface area contributed by atoms with Gasteiger partial charge in [0.25, 0.3) is 5.22 Å². The minimum absolute atomic E-state index is 0.587. The van der Waals surface area contributed by atoms with Crippen molar-refractivity contribution in [2.45, 2.75) is 22.9 Å². The van der Waals surface area contributed by atoms with Gasteiger partial charge in [0.1, 0.15) is 5.03 Å². The molecule has 0 aliphatic carbocycles. The van der Waals surface area contributed by atoms with Gasteiger partial charge in [0, 0.05) is 19.8 Å². The SMILES string of the molecule is CSc1nnc(CSc2cc(C)nc(N(C)C)n2)o1. The van der Waals surface area contributed by atoms with Gasteiger partial charge in [0.2, 0.25) is 11.8 Å². The van der Waals surface area contributed by atoms with Crippen LogP contribution in [0.3, 0.4) is 0 Å². The normalized spacial score (nSPS) is 10.7. The molecule has 102 valence electrons. The molecule has 0 amide bonds. The molecule has 0 aromatic carbocycles. The summed E-state index contributed by atoms with van der Waals surface area (Å²) in [6, 6.07) is 1.95. The zero-order valence-electron chi connectivity index (χ0n) is 11.2. The first-order valence-corrected chi connectivity index (χ1v) is 7.81. The lowest BCUT2D eigenvalue weighted by molar-refractivity contribution is 0.427. The maximum atomic E-state index is 5.43. The number of hydrogen-bond donors (Lipinski definition) is 0. The van der Waals surface area contributed by atoms with Crippen molar-refractivity contribution in [2.24, 2.45) is 0 Å². The average molecular weight is 297 g/mol. The molecule has 0 fully saturated rings. The van der Waals surface area contributed by atoms with Crippen molar-refractivity contribution in [3.05, 3.63) is 17.7 Å². The number of aryl methyl sites for hydroxylation is 1. The van der Waals surface area contributed by atoms with E-state index in [1.54, 1.807) is 11.8 Å². The first kappa shape index (κ1) is 14.1. The monoisotopic (exact) mass is 297 g/mol. The topological polar surface area (TPSA) is 67.9 Å². The maximum Gasteiger partial charge on any atom is 0.276 e. The lowest BCUT2D eigenvalue weighted by Crippen LogP contribution is -2.13. The number of anilines is 1. The minimum Gasteiger partial charge on any atom is -0.415 e. The predicted octanol–water partition coefficient (Wildman–Crippen LogP) is 2.25. The van der Waals surface area contributed by atoms with Gasteiger partial charge < -0.3 is 9.32 Å². The number of rotatable bonds is 5. The van der Waals surface area contributed by atoms with E-state index in [2.05, 4.69) is 20.2 Å². The summed E-state index contributed by atoms with van der Waals surface area (Å²) in [5.41, 5.74) is 0.941. The van der Waals surface area contributed by atoms with Crippen LogP contribution in [-0.4, -0.2) is 40.5 Å². The summed E-state index contributed by atoms with van der Waals surface area (Å²) in [6.45, 7) is 1.96. The van der Waals surface area contributed by atoms with Gasteiger partial charge in [-0.1, -0.05) is 23.5 Å². The van der Waals surface area contributed by atoms with Crippen molar-refractivity contribution in [2.75, 3.05) is 25.3 Å². The third-order valence-corrected chi connectivity index (χ3v) is 3.60. The van der Waals surface area contributed by atoms with Crippen LogP contribution in [0.15, 0.2) is 20.7 Å². The van der Waals surface area contributed by atoms with E-state index >= 15 is 0 Å². The van der Waals surface area contributed by atoms with Crippen LogP contribution in [0, 0.1) is 6.92 Å². The molecular formula is C11H15N5OS2. The standard InChI is InChI=1S/C11H15N5OS2/c1-7-5-9(13-10(12-7)16(2)3)19-6-8-14-15-11(17-8)18-4/h5H,6H2,1-4H3. The molecule has 0 bridgehead atoms. The fourth-order valence-electron chi connectivity index (χ4n) is 1.31. The second kappa shape index (κ2) is 6.25. The Balaban J connectivity index is 2.06. The molecule has 2 aromatic heterocycles. The molecule has 2 aromatic rings. The Morgan fingerprint density at radius 1 is 1.26 bits per heavy atom. The van der Waals surface area contributed by atoms with Gasteiger partial charge in [-0.3, -0.25) is 0 Å². The number of nitrogens with zero attached hydrogens (tertiary/aromatic N) is 5. The van der Waals surface area contributed by atoms with Gasteiger partial charge in [-0.15, -0.1) is 10.2 Å². The van der Waals surface area contributed by atoms with E-state index in [4.69, 9.17) is 4.42 Å². The van der Waals surface area contributed by atoms with Gasteiger partial charge in [0.15, 0.2) is 0 Å². The fraction of sp³-hybridized carbons (Fsp3) is 0.455. The maximum absolute atomic E-state index is 5.43. The van der Waals surface area contributed by atoms with Crippen LogP contribution in [-0.2, 0) is 5.75 Å². The Hall–Kier alpha value is -1.28. The summed E-state index contributed by atoms with van der Waals surface area (Å²) in [5, 5.41) is 9.36. The molecular weight excluding hydrogens is 282 g/mol. The van der Waals surface area contributed by atoms with Gasteiger partial charge in [-0.2, -0.15) is 0 Å². The largest absolute Gasteiger partial charge is 0.415 e. The van der Waals surface area contributed by atoms with E-state index in [1.165, 1.54) is 11.8 Å². The number of thioether (sulfide) groups is 2. The average Bonchev–Trinajstić information content (AvgIpc) is 2.83. The predicted molar refractivity (Wildman–Crippen MR) is 76.7 cm³/mol. The molecule has 19 heavy (non-hydrogen) atoms. The molecule has 2 rings (SSSR count). The van der Waals surface area contributed by atoms with E-state index in [0.717, 1.165) is 10.7 Å². The first-order valence-electron chi connectivity index (χ1n) is 5.60. The molecule has 0 spiro atoms. The molecule has 0 N–H and O–H groups in total. The highest BCUT2D eigenvalue weighted by atomic mass is 32.2. The zero-order chi connectivity index (χ0) is 13.8. The van der Waals surface area contributed by atoms with E-state index in [-0.39, 0.29) is 0 Å². The van der Waals surface area contributed by atoms with Crippen molar-refractivity contribution >= 4 is 29.5 Å². The van der Waals surface area contributed by atoms with Gasteiger partial charge in [-0.25, -0.2) is 9.97 Å². The Morgan fingerprint density at radius 3 is 2.68 bits per heavy atom. The molecule has 0 atom stereocenters. The first-order chi connectivity index (χ1) is 9.08. The molecule has 0 aliphatic rings. The highest BCUT2D eigenvalue weighted by Crippen LogP contribution is 2.23. The second-order valence-electron chi connectivity index (χ2n) is 4.00. The Bertz CT molecular complexity index is 558. The molecule has 0 saturated carbocycles. The smallest absolute Gasteiger partial charge is 0.276 e. The number of aromatic nitrogens is 4. The third kappa shape index (κ3) is 3.84. The summed E-state index contributed by atoms with van der Waals surface area (Å²) in [7, 11) is 3.85. The van der Waals surface area contributed by atoms with Crippen LogP contribution in [0.1, 0.15) is 11.6 Å². The third-order valence-electron chi connectivity index (χ3n) is 2.19. The fourth-order valence-corrected chi connectivity index (χ4v) is 2.40. The summed E-state index contributed by atoms with van der Waals surface area (Å²) >= 11 is 3.00. The summed E-state index contributed by atoms with van der Waals surface area (Å²) in [5.74, 6) is 1.92. The van der Waals surface area contributed by atoms with Crippen LogP contribution < -0.4 is 4.90 Å². The van der Waals surface area contributed by atoms with Crippen LogP contribution in [0.4, 0.5) is 5.95 Å². The van der Waals surface area contributed by atoms with Crippen molar-refractivity contribution < 1.29 is 4.42 Å². The van der Waals surface area contributed by atoms with Gasteiger partial charge >= 0.3 is 0 Å². The lowest BCUT2D eigenvalue weighted by atomic mass is 10.4. The summed E-state index contributed by atoms with van der Waals surface area (Å²) < 4.78 is 5.43. The quantitative estimate of drug-likeness (QED) is 0.615. The highest BCUT2D eigenvalue weighted by molar-refractivity contribution is 7.98. The van der Waals surface area contributed by atoms with Crippen molar-refractivity contribution in [1.82, 2.24) is 20.2 Å². The van der Waals surface area contributed by atoms with Crippen molar-refractivity contribution in [3.8, 4) is 0 Å². The Kier molecular flexibility index (Phi) is 4.65. The Labute approximate surface area is 120 Å². The van der Waals surface area contributed by atoms with Crippen molar-refractivity contribution in [3.63, 3.8) is 0 Å². The van der Waals surface area contributed by atoms with E-state index in [0.29, 0.717) is 22.8 Å². The Morgan fingerprint density at radius 2 is 2.05 bits per heavy atom. The van der Waals surface area contributed by atoms with E-state index < -0.39 is 0 Å². The van der Waals surface area contributed by atoms with Crippen LogP contribution in [0.2, 0.25) is 0 Å². The van der Waals surface area contributed by atoms with Gasteiger partial charge in [0.05, 0.1) is 5.75 Å². The summed E-state index contributed by atoms with van der Waals surface area (Å²) in [6.07, 6.45) is 1.90. The van der Waals surface area contributed by atoms with E-state index in [9.17, 15) is 0 Å². The number of hydrogen-bond acceptors (Lipinski definition) is 8. The van der Waals surface area contributed by atoms with E-state index in [1.807, 2.05) is 38.2 Å². The van der Waals surface area contributed by atoms with Crippen molar-refractivity contribution in [1.29, 1.82) is 0 Å². The molecule has 2 heterocycles. The molecule has 0 saturated heterocycles. The molecule has 0 radical (unpaired) electrons. The molecule has 0 aliphatic heterocycles. The lowest BCUT2D eigenvalue weighted by Gasteiger charge is -2.11. The molecule has 0 unspecified atom stereocenters. The van der Waals surface area contributed by atoms with Crippen LogP contribution in [0.5, 0.6) is 0 Å².